The molecule has 2 aromatic rings. The summed E-state index contributed by atoms with van der Waals surface area (Å²) >= 11 is 5.89. The van der Waals surface area contributed by atoms with Gasteiger partial charge in [0, 0.05) is 19.9 Å². The molecule has 1 aromatic carbocycles. The van der Waals surface area contributed by atoms with Crippen LogP contribution in [0.15, 0.2) is 36.5 Å². The first-order valence-electron chi connectivity index (χ1n) is 10.7. The molecule has 0 fully saturated rings. The van der Waals surface area contributed by atoms with Gasteiger partial charge in [-0.15, -0.1) is 0 Å². The predicted molar refractivity (Wildman–Crippen MR) is 121 cm³/mol. The monoisotopic (exact) mass is 450 g/mol. The second kappa shape index (κ2) is 12.7. The highest BCUT2D eigenvalue weighted by Crippen LogP contribution is 2.28. The lowest BCUT2D eigenvalue weighted by Crippen LogP contribution is -2.25. The summed E-state index contributed by atoms with van der Waals surface area (Å²) in [5.41, 5.74) is 2.30. The molecule has 0 radical (unpaired) electrons. The maximum atomic E-state index is 13.6. The van der Waals surface area contributed by atoms with Gasteiger partial charge >= 0.3 is 5.97 Å². The highest BCUT2D eigenvalue weighted by molar-refractivity contribution is 6.30. The molecule has 0 aliphatic heterocycles. The second-order valence-electron chi connectivity index (χ2n) is 7.84. The van der Waals surface area contributed by atoms with Crippen molar-refractivity contribution in [3.63, 3.8) is 0 Å². The minimum atomic E-state index is -0.821. The van der Waals surface area contributed by atoms with Gasteiger partial charge in [-0.25, -0.2) is 4.39 Å². The van der Waals surface area contributed by atoms with Crippen LogP contribution in [0.3, 0.4) is 0 Å². The normalized spacial score (nSPS) is 13.4. The molecule has 2 unspecified atom stereocenters. The Morgan fingerprint density at radius 2 is 2.06 bits per heavy atom. The van der Waals surface area contributed by atoms with Crippen molar-refractivity contribution in [3.05, 3.63) is 64.2 Å². The Bertz CT molecular complexity index is 832. The molecule has 0 saturated heterocycles. The number of halogens is 2. The van der Waals surface area contributed by atoms with Crippen molar-refractivity contribution in [3.8, 4) is 0 Å². The SMILES string of the molecule is CCN(CCCCC(CC(OC)c1ccc(F)c(C)c1)C(=O)O)Cc1ccc(Cl)cn1. The largest absolute Gasteiger partial charge is 0.481 e. The number of aromatic nitrogens is 1. The summed E-state index contributed by atoms with van der Waals surface area (Å²) < 4.78 is 19.1. The third kappa shape index (κ3) is 8.20. The lowest BCUT2D eigenvalue weighted by atomic mass is 9.92. The Balaban J connectivity index is 1.85. The summed E-state index contributed by atoms with van der Waals surface area (Å²) in [7, 11) is 1.56. The zero-order valence-corrected chi connectivity index (χ0v) is 19.2. The minimum absolute atomic E-state index is 0.275. The van der Waals surface area contributed by atoms with Gasteiger partial charge in [0.25, 0.3) is 0 Å². The average Bonchev–Trinajstić information content (AvgIpc) is 2.75. The Morgan fingerprint density at radius 1 is 1.29 bits per heavy atom. The third-order valence-electron chi connectivity index (χ3n) is 5.58. The maximum absolute atomic E-state index is 13.6. The van der Waals surface area contributed by atoms with Gasteiger partial charge in [0.15, 0.2) is 0 Å². The molecule has 0 saturated carbocycles. The van der Waals surface area contributed by atoms with E-state index in [1.165, 1.54) is 6.07 Å². The Hall–Kier alpha value is -2.02. The molecule has 0 aliphatic carbocycles. The number of benzene rings is 1. The van der Waals surface area contributed by atoms with Crippen LogP contribution in [0.4, 0.5) is 4.39 Å². The van der Waals surface area contributed by atoms with Crippen LogP contribution in [0, 0.1) is 18.7 Å². The quantitative estimate of drug-likeness (QED) is 0.399. The zero-order chi connectivity index (χ0) is 22.8. The first kappa shape index (κ1) is 25.2. The van der Waals surface area contributed by atoms with E-state index in [0.29, 0.717) is 23.4 Å². The number of pyridine rings is 1. The van der Waals surface area contributed by atoms with E-state index in [4.69, 9.17) is 16.3 Å². The number of hydrogen-bond acceptors (Lipinski definition) is 4. The molecule has 1 heterocycles. The molecule has 7 heteroatoms. The van der Waals surface area contributed by atoms with Crippen molar-refractivity contribution in [2.75, 3.05) is 20.2 Å². The number of carboxylic acids is 1. The zero-order valence-electron chi connectivity index (χ0n) is 18.5. The molecule has 0 spiro atoms. The molecule has 2 atom stereocenters. The molecular weight excluding hydrogens is 419 g/mol. The van der Waals surface area contributed by atoms with Crippen molar-refractivity contribution in [2.24, 2.45) is 5.92 Å². The number of aliphatic carboxylic acids is 1. The van der Waals surface area contributed by atoms with Crippen LogP contribution >= 0.6 is 11.6 Å². The summed E-state index contributed by atoms with van der Waals surface area (Å²) in [6, 6.07) is 8.56. The summed E-state index contributed by atoms with van der Waals surface area (Å²) in [6.45, 7) is 6.30. The molecule has 0 amide bonds. The van der Waals surface area contributed by atoms with Gasteiger partial charge < -0.3 is 9.84 Å². The van der Waals surface area contributed by atoms with E-state index >= 15 is 0 Å². The van der Waals surface area contributed by atoms with Gasteiger partial charge in [0.05, 0.1) is 22.7 Å². The van der Waals surface area contributed by atoms with E-state index in [0.717, 1.165) is 43.7 Å². The molecule has 5 nitrogen and oxygen atoms in total. The van der Waals surface area contributed by atoms with E-state index in [1.807, 2.05) is 12.1 Å². The van der Waals surface area contributed by atoms with E-state index in [2.05, 4.69) is 16.8 Å². The van der Waals surface area contributed by atoms with Crippen LogP contribution in [0.5, 0.6) is 0 Å². The predicted octanol–water partition coefficient (Wildman–Crippen LogP) is 5.65. The molecule has 0 bridgehead atoms. The second-order valence-corrected chi connectivity index (χ2v) is 8.27. The number of nitrogens with zero attached hydrogens (tertiary/aromatic N) is 2. The van der Waals surface area contributed by atoms with Crippen LogP contribution < -0.4 is 0 Å². The standard InChI is InChI=1S/C24H32ClFN2O3/c1-4-28(16-21-10-9-20(25)15-27-21)12-6-5-7-19(24(29)30)14-23(31-3)18-8-11-22(26)17(2)13-18/h8-11,13,15,19,23H,4-7,12,14,16H2,1-3H3,(H,29,30). The van der Waals surface area contributed by atoms with E-state index in [-0.39, 0.29) is 11.9 Å². The number of ether oxygens (including phenoxy) is 1. The molecule has 0 aliphatic rings. The van der Waals surface area contributed by atoms with Gasteiger partial charge in [-0.3, -0.25) is 14.7 Å². The minimum Gasteiger partial charge on any atom is -0.481 e. The van der Waals surface area contributed by atoms with Crippen LogP contribution in [-0.2, 0) is 16.1 Å². The van der Waals surface area contributed by atoms with Crippen molar-refractivity contribution >= 4 is 17.6 Å². The smallest absolute Gasteiger partial charge is 0.306 e. The van der Waals surface area contributed by atoms with Gasteiger partial charge in [-0.1, -0.05) is 37.1 Å². The Labute approximate surface area is 189 Å². The molecule has 1 aromatic heterocycles. The summed E-state index contributed by atoms with van der Waals surface area (Å²) in [5, 5.41) is 10.3. The fraction of sp³-hybridized carbons (Fsp3) is 0.500. The van der Waals surface area contributed by atoms with Crippen molar-refractivity contribution in [1.82, 2.24) is 9.88 Å². The topological polar surface area (TPSA) is 62.7 Å². The van der Waals surface area contributed by atoms with E-state index in [9.17, 15) is 14.3 Å². The third-order valence-corrected chi connectivity index (χ3v) is 5.81. The van der Waals surface area contributed by atoms with E-state index in [1.54, 1.807) is 32.4 Å². The van der Waals surface area contributed by atoms with Crippen LogP contribution in [-0.4, -0.2) is 41.2 Å². The van der Waals surface area contributed by atoms with Gasteiger partial charge in [-0.05, 0) is 68.6 Å². The van der Waals surface area contributed by atoms with Crippen LogP contribution in [0.1, 0.15) is 55.5 Å². The summed E-state index contributed by atoms with van der Waals surface area (Å²) in [6.07, 6.45) is 3.93. The fourth-order valence-corrected chi connectivity index (χ4v) is 3.75. The lowest BCUT2D eigenvalue weighted by Gasteiger charge is -2.22. The Morgan fingerprint density at radius 3 is 2.65 bits per heavy atom. The number of aryl methyl sites for hydroxylation is 1. The van der Waals surface area contributed by atoms with Crippen LogP contribution in [0.2, 0.25) is 5.02 Å². The van der Waals surface area contributed by atoms with Gasteiger partial charge in [0.1, 0.15) is 5.82 Å². The number of carbonyl (C=O) groups is 1. The summed E-state index contributed by atoms with van der Waals surface area (Å²) in [5.74, 6) is -1.61. The number of hydrogen-bond donors (Lipinski definition) is 1. The number of rotatable bonds is 13. The average molecular weight is 451 g/mol. The molecule has 170 valence electrons. The molecular formula is C24H32ClFN2O3. The number of methoxy groups -OCH3 is 1. The highest BCUT2D eigenvalue weighted by Gasteiger charge is 2.24. The van der Waals surface area contributed by atoms with Crippen molar-refractivity contribution in [2.45, 2.75) is 52.2 Å². The molecule has 2 rings (SSSR count). The fourth-order valence-electron chi connectivity index (χ4n) is 3.64. The van der Waals surface area contributed by atoms with Gasteiger partial charge in [0.2, 0.25) is 0 Å². The first-order chi connectivity index (χ1) is 14.8. The maximum Gasteiger partial charge on any atom is 0.306 e. The van der Waals surface area contributed by atoms with Crippen molar-refractivity contribution < 1.29 is 19.0 Å². The van der Waals surface area contributed by atoms with Crippen LogP contribution in [0.25, 0.3) is 0 Å². The van der Waals surface area contributed by atoms with Gasteiger partial charge in [-0.2, -0.15) is 0 Å². The van der Waals surface area contributed by atoms with E-state index < -0.39 is 11.9 Å². The molecule has 31 heavy (non-hydrogen) atoms. The first-order valence-corrected chi connectivity index (χ1v) is 11.1. The highest BCUT2D eigenvalue weighted by atomic mass is 35.5. The van der Waals surface area contributed by atoms with Crippen molar-refractivity contribution in [1.29, 1.82) is 0 Å². The summed E-state index contributed by atoms with van der Waals surface area (Å²) in [4.78, 5) is 18.4. The number of unbranched alkanes of at least 4 members (excludes halogenated alkanes) is 1. The molecule has 1 N–H and O–H groups in total. The lowest BCUT2D eigenvalue weighted by molar-refractivity contribution is -0.143. The Kier molecular flexibility index (Phi) is 10.4. The number of carboxylic acid groups (broad SMARTS) is 1.